The molecule has 0 aliphatic carbocycles. The number of aryl methyl sites for hydroxylation is 1. The van der Waals surface area contributed by atoms with E-state index in [0.717, 1.165) is 22.4 Å². The van der Waals surface area contributed by atoms with Gasteiger partial charge in [0.05, 0.1) is 11.3 Å². The minimum Gasteiger partial charge on any atom is -0.339 e. The molecular weight excluding hydrogens is 303 g/mol. The predicted molar refractivity (Wildman–Crippen MR) is 68.9 cm³/mol. The van der Waals surface area contributed by atoms with E-state index in [4.69, 9.17) is 0 Å². The molecule has 0 spiro atoms. The van der Waals surface area contributed by atoms with Crippen LogP contribution in [0.4, 0.5) is 0 Å². The summed E-state index contributed by atoms with van der Waals surface area (Å²) in [6.07, 6.45) is 1.77. The maximum Gasteiger partial charge on any atom is 0.255 e. The second-order valence-electron chi connectivity index (χ2n) is 3.26. The summed E-state index contributed by atoms with van der Waals surface area (Å²) in [5, 5.41) is 0. The van der Waals surface area contributed by atoms with Gasteiger partial charge in [0.25, 0.3) is 5.91 Å². The van der Waals surface area contributed by atoms with E-state index in [0.29, 0.717) is 5.56 Å². The SMILES string of the molecule is CCN(CC)C(=O)c1cc(I)cnc1C. The molecule has 0 fully saturated rings. The number of halogens is 1. The van der Waals surface area contributed by atoms with Crippen LogP contribution < -0.4 is 0 Å². The van der Waals surface area contributed by atoms with Gasteiger partial charge in [-0.25, -0.2) is 0 Å². The Bertz CT molecular complexity index is 362. The van der Waals surface area contributed by atoms with Crippen LogP contribution in [0.5, 0.6) is 0 Å². The van der Waals surface area contributed by atoms with Gasteiger partial charge in [-0.1, -0.05) is 0 Å². The fraction of sp³-hybridized carbons (Fsp3) is 0.455. The van der Waals surface area contributed by atoms with Crippen molar-refractivity contribution in [1.82, 2.24) is 9.88 Å². The van der Waals surface area contributed by atoms with Crippen molar-refractivity contribution < 1.29 is 4.79 Å². The number of nitrogens with zero attached hydrogens (tertiary/aromatic N) is 2. The van der Waals surface area contributed by atoms with Crippen molar-refractivity contribution in [3.63, 3.8) is 0 Å². The lowest BCUT2D eigenvalue weighted by Gasteiger charge is -2.19. The van der Waals surface area contributed by atoms with E-state index in [9.17, 15) is 4.79 Å². The van der Waals surface area contributed by atoms with Crippen LogP contribution in [0.25, 0.3) is 0 Å². The maximum absolute atomic E-state index is 12.1. The topological polar surface area (TPSA) is 33.2 Å². The van der Waals surface area contributed by atoms with E-state index in [-0.39, 0.29) is 5.91 Å². The summed E-state index contributed by atoms with van der Waals surface area (Å²) < 4.78 is 0.994. The van der Waals surface area contributed by atoms with Crippen molar-refractivity contribution >= 4 is 28.5 Å². The standard InChI is InChI=1S/C11H15IN2O/c1-4-14(5-2)11(15)10-6-9(12)7-13-8(10)3/h6-7H,4-5H2,1-3H3. The molecule has 0 saturated carbocycles. The van der Waals surface area contributed by atoms with Gasteiger partial charge < -0.3 is 4.90 Å². The van der Waals surface area contributed by atoms with Crippen LogP contribution in [0.15, 0.2) is 12.3 Å². The van der Waals surface area contributed by atoms with E-state index >= 15 is 0 Å². The largest absolute Gasteiger partial charge is 0.339 e. The molecular formula is C11H15IN2O. The molecule has 1 amide bonds. The van der Waals surface area contributed by atoms with Gasteiger partial charge in [-0.2, -0.15) is 0 Å². The van der Waals surface area contributed by atoms with E-state index in [1.807, 2.05) is 26.8 Å². The summed E-state index contributed by atoms with van der Waals surface area (Å²) >= 11 is 2.17. The normalized spacial score (nSPS) is 10.1. The van der Waals surface area contributed by atoms with Gasteiger partial charge in [-0.15, -0.1) is 0 Å². The van der Waals surface area contributed by atoms with Crippen LogP contribution in [-0.2, 0) is 0 Å². The predicted octanol–water partition coefficient (Wildman–Crippen LogP) is 2.48. The van der Waals surface area contributed by atoms with Gasteiger partial charge >= 0.3 is 0 Å². The molecule has 0 unspecified atom stereocenters. The lowest BCUT2D eigenvalue weighted by Crippen LogP contribution is -2.31. The summed E-state index contributed by atoms with van der Waals surface area (Å²) in [5.41, 5.74) is 1.51. The third-order valence-electron chi connectivity index (χ3n) is 2.33. The minimum atomic E-state index is 0.0727. The molecule has 82 valence electrons. The summed E-state index contributed by atoms with van der Waals surface area (Å²) in [4.78, 5) is 18.1. The fourth-order valence-corrected chi connectivity index (χ4v) is 1.86. The van der Waals surface area contributed by atoms with Crippen LogP contribution in [0.2, 0.25) is 0 Å². The molecule has 3 nitrogen and oxygen atoms in total. The molecule has 0 N–H and O–H groups in total. The zero-order valence-electron chi connectivity index (χ0n) is 9.25. The van der Waals surface area contributed by atoms with E-state index in [1.54, 1.807) is 11.1 Å². The Balaban J connectivity index is 3.04. The van der Waals surface area contributed by atoms with Crippen molar-refractivity contribution in [2.75, 3.05) is 13.1 Å². The maximum atomic E-state index is 12.1. The quantitative estimate of drug-likeness (QED) is 0.802. The minimum absolute atomic E-state index is 0.0727. The Morgan fingerprint density at radius 2 is 2.07 bits per heavy atom. The van der Waals surface area contributed by atoms with Crippen molar-refractivity contribution in [2.24, 2.45) is 0 Å². The number of carbonyl (C=O) groups excluding carboxylic acids is 1. The average Bonchev–Trinajstić information content (AvgIpc) is 2.23. The van der Waals surface area contributed by atoms with Gasteiger partial charge in [-0.3, -0.25) is 9.78 Å². The summed E-state index contributed by atoms with van der Waals surface area (Å²) in [6.45, 7) is 7.31. The molecule has 0 radical (unpaired) electrons. The summed E-state index contributed by atoms with van der Waals surface area (Å²) in [7, 11) is 0. The van der Waals surface area contributed by atoms with Crippen LogP contribution in [0.1, 0.15) is 29.9 Å². The molecule has 4 heteroatoms. The van der Waals surface area contributed by atoms with E-state index in [2.05, 4.69) is 27.6 Å². The molecule has 0 bridgehead atoms. The smallest absolute Gasteiger partial charge is 0.255 e. The van der Waals surface area contributed by atoms with Gasteiger partial charge in [0.15, 0.2) is 0 Å². The molecule has 1 aromatic rings. The number of amides is 1. The highest BCUT2D eigenvalue weighted by atomic mass is 127. The van der Waals surface area contributed by atoms with Crippen LogP contribution in [0, 0.1) is 10.5 Å². The number of aromatic nitrogens is 1. The second kappa shape index (κ2) is 5.44. The molecule has 0 saturated heterocycles. The first-order chi connectivity index (χ1) is 7.10. The first-order valence-corrected chi connectivity index (χ1v) is 6.09. The van der Waals surface area contributed by atoms with Gasteiger partial charge in [0, 0.05) is 22.9 Å². The molecule has 1 heterocycles. The monoisotopic (exact) mass is 318 g/mol. The number of pyridine rings is 1. The van der Waals surface area contributed by atoms with E-state index < -0.39 is 0 Å². The van der Waals surface area contributed by atoms with Crippen molar-refractivity contribution in [2.45, 2.75) is 20.8 Å². The second-order valence-corrected chi connectivity index (χ2v) is 4.51. The lowest BCUT2D eigenvalue weighted by molar-refractivity contribution is 0.0771. The van der Waals surface area contributed by atoms with Crippen LogP contribution in [0.3, 0.4) is 0 Å². The highest BCUT2D eigenvalue weighted by molar-refractivity contribution is 14.1. The Morgan fingerprint density at radius 3 is 2.60 bits per heavy atom. The van der Waals surface area contributed by atoms with Crippen LogP contribution >= 0.6 is 22.6 Å². The summed E-state index contributed by atoms with van der Waals surface area (Å²) in [5.74, 6) is 0.0727. The summed E-state index contributed by atoms with van der Waals surface area (Å²) in [6, 6.07) is 1.89. The molecule has 1 rings (SSSR count). The third kappa shape index (κ3) is 2.90. The molecule has 0 aliphatic heterocycles. The third-order valence-corrected chi connectivity index (χ3v) is 2.92. The molecule has 15 heavy (non-hydrogen) atoms. The molecule has 0 aliphatic rings. The Hall–Kier alpha value is -0.650. The Labute approximate surface area is 104 Å². The van der Waals surface area contributed by atoms with Crippen molar-refractivity contribution in [1.29, 1.82) is 0 Å². The molecule has 0 aromatic carbocycles. The number of hydrogen-bond acceptors (Lipinski definition) is 2. The first-order valence-electron chi connectivity index (χ1n) is 5.01. The lowest BCUT2D eigenvalue weighted by atomic mass is 10.2. The number of carbonyl (C=O) groups is 1. The van der Waals surface area contributed by atoms with Gasteiger partial charge in [-0.05, 0) is 49.4 Å². The van der Waals surface area contributed by atoms with Gasteiger partial charge in [0.1, 0.15) is 0 Å². The molecule has 0 atom stereocenters. The highest BCUT2D eigenvalue weighted by Crippen LogP contribution is 2.12. The Kier molecular flexibility index (Phi) is 4.50. The average molecular weight is 318 g/mol. The molecule has 1 aromatic heterocycles. The first kappa shape index (κ1) is 12.4. The zero-order chi connectivity index (χ0) is 11.4. The number of rotatable bonds is 3. The Morgan fingerprint density at radius 1 is 1.47 bits per heavy atom. The van der Waals surface area contributed by atoms with Crippen LogP contribution in [-0.4, -0.2) is 28.9 Å². The van der Waals surface area contributed by atoms with E-state index in [1.165, 1.54) is 0 Å². The van der Waals surface area contributed by atoms with Gasteiger partial charge in [0.2, 0.25) is 0 Å². The highest BCUT2D eigenvalue weighted by Gasteiger charge is 2.15. The van der Waals surface area contributed by atoms with Crippen molar-refractivity contribution in [3.8, 4) is 0 Å². The number of hydrogen-bond donors (Lipinski definition) is 0. The zero-order valence-corrected chi connectivity index (χ0v) is 11.4. The van der Waals surface area contributed by atoms with Crippen molar-refractivity contribution in [3.05, 3.63) is 27.1 Å². The fourth-order valence-electron chi connectivity index (χ4n) is 1.41.